The van der Waals surface area contributed by atoms with E-state index in [0.29, 0.717) is 47.2 Å². The molecule has 308 valence electrons. The van der Waals surface area contributed by atoms with Crippen molar-refractivity contribution >= 4 is 11.6 Å². The number of rotatable bonds is 17. The summed E-state index contributed by atoms with van der Waals surface area (Å²) >= 11 is 0. The van der Waals surface area contributed by atoms with Crippen molar-refractivity contribution in [3.8, 4) is 11.1 Å². The van der Waals surface area contributed by atoms with Crippen LogP contribution in [0.1, 0.15) is 68.6 Å². The first-order valence-corrected chi connectivity index (χ1v) is 19.9. The monoisotopic (exact) mass is 777 g/mol. The number of benzene rings is 3. The predicted molar refractivity (Wildman–Crippen MR) is 218 cm³/mol. The fraction of sp³-hybridized carbons (Fsp3) is 0.568. The van der Waals surface area contributed by atoms with Crippen molar-refractivity contribution in [1.29, 1.82) is 0 Å². The van der Waals surface area contributed by atoms with Gasteiger partial charge in [-0.15, -0.1) is 0 Å². The molecular formula is C44H64FN5O6. The molecule has 1 saturated heterocycles. The second-order valence-corrected chi connectivity index (χ2v) is 17.3. The lowest BCUT2D eigenvalue weighted by atomic mass is 9.52. The number of nitrogens with zero attached hydrogens (tertiary/aromatic N) is 3. The highest BCUT2D eigenvalue weighted by Gasteiger charge is 2.50. The lowest BCUT2D eigenvalue weighted by molar-refractivity contribution is -0.192. The van der Waals surface area contributed by atoms with Crippen LogP contribution in [0.3, 0.4) is 0 Å². The first-order chi connectivity index (χ1) is 26.4. The number of aliphatic hydroxyl groups is 4. The van der Waals surface area contributed by atoms with Crippen LogP contribution >= 0.6 is 0 Å². The summed E-state index contributed by atoms with van der Waals surface area (Å²) < 4.78 is 15.7. The second-order valence-electron chi connectivity index (χ2n) is 17.3. The zero-order valence-corrected chi connectivity index (χ0v) is 34.5. The summed E-state index contributed by atoms with van der Waals surface area (Å²) in [5, 5.41) is 51.8. The van der Waals surface area contributed by atoms with Gasteiger partial charge >= 0.3 is 0 Å². The van der Waals surface area contributed by atoms with Crippen molar-refractivity contribution in [1.82, 2.24) is 20.6 Å². The summed E-state index contributed by atoms with van der Waals surface area (Å²) in [6.45, 7) is 11.1. The summed E-state index contributed by atoms with van der Waals surface area (Å²) in [4.78, 5) is 23.9. The first kappa shape index (κ1) is 43.7. The topological polar surface area (TPSA) is 141 Å². The Hall–Kier alpha value is -3.46. The molecule has 6 N–H and O–H groups in total. The van der Waals surface area contributed by atoms with Crippen molar-refractivity contribution in [2.24, 2.45) is 29.1 Å². The summed E-state index contributed by atoms with van der Waals surface area (Å²) in [6, 6.07) is 18.0. The van der Waals surface area contributed by atoms with E-state index < -0.39 is 48.4 Å². The van der Waals surface area contributed by atoms with E-state index in [4.69, 9.17) is 4.84 Å². The maximum absolute atomic E-state index is 15.7. The Balaban J connectivity index is 1.40. The van der Waals surface area contributed by atoms with Crippen molar-refractivity contribution < 1.29 is 34.4 Å². The molecule has 3 aromatic carbocycles. The molecule has 0 radical (unpaired) electrons. The number of halogens is 1. The van der Waals surface area contributed by atoms with Crippen LogP contribution in [0.5, 0.6) is 0 Å². The maximum Gasteiger partial charge on any atom is 0.251 e. The van der Waals surface area contributed by atoms with Gasteiger partial charge < -0.3 is 35.5 Å². The average Bonchev–Trinajstić information content (AvgIpc) is 3.54. The Morgan fingerprint density at radius 1 is 1.00 bits per heavy atom. The third kappa shape index (κ3) is 9.79. The normalized spacial score (nSPS) is 24.9. The number of hydrogen-bond donors (Lipinski definition) is 6. The number of hydrogen-bond acceptors (Lipinski definition) is 10. The van der Waals surface area contributed by atoms with Gasteiger partial charge in [0.05, 0.1) is 31.3 Å². The van der Waals surface area contributed by atoms with E-state index in [9.17, 15) is 25.2 Å². The largest absolute Gasteiger partial charge is 0.394 e. The van der Waals surface area contributed by atoms with E-state index in [1.807, 2.05) is 74.4 Å². The molecule has 1 aliphatic heterocycles. The van der Waals surface area contributed by atoms with Crippen molar-refractivity contribution in [2.45, 2.75) is 84.2 Å². The van der Waals surface area contributed by atoms with Crippen LogP contribution in [0.15, 0.2) is 66.7 Å². The second kappa shape index (κ2) is 18.4. The van der Waals surface area contributed by atoms with E-state index in [1.54, 1.807) is 31.2 Å². The molecule has 2 fully saturated rings. The van der Waals surface area contributed by atoms with Crippen LogP contribution in [0.4, 0.5) is 10.1 Å². The summed E-state index contributed by atoms with van der Waals surface area (Å²) in [7, 11) is 7.51. The lowest BCUT2D eigenvalue weighted by Crippen LogP contribution is -2.54. The number of carbonyl (C=O) groups excluding carboxylic acids is 1. The molecule has 1 unspecified atom stereocenters. The smallest absolute Gasteiger partial charge is 0.251 e. The first-order valence-electron chi connectivity index (χ1n) is 19.9. The molecule has 10 atom stereocenters. The Bertz CT molecular complexity index is 1760. The van der Waals surface area contributed by atoms with Crippen molar-refractivity contribution in [3.05, 3.63) is 89.2 Å². The number of carbonyl (C=O) groups is 1. The molecule has 3 aromatic rings. The highest BCUT2D eigenvalue weighted by Crippen LogP contribution is 2.54. The van der Waals surface area contributed by atoms with Crippen LogP contribution in [-0.2, 0) is 11.4 Å². The molecule has 0 spiro atoms. The van der Waals surface area contributed by atoms with Crippen LogP contribution < -0.4 is 15.5 Å². The number of anilines is 1. The summed E-state index contributed by atoms with van der Waals surface area (Å²) in [6.07, 6.45) is -2.68. The Morgan fingerprint density at radius 3 is 2.29 bits per heavy atom. The molecule has 5 rings (SSSR count). The highest BCUT2D eigenvalue weighted by molar-refractivity contribution is 5.97. The third-order valence-electron chi connectivity index (χ3n) is 12.5. The average molecular weight is 778 g/mol. The fourth-order valence-corrected chi connectivity index (χ4v) is 8.68. The minimum atomic E-state index is -1.13. The van der Waals surface area contributed by atoms with Crippen molar-refractivity contribution in [3.63, 3.8) is 0 Å². The maximum atomic E-state index is 15.7. The molecule has 1 heterocycles. The molecule has 56 heavy (non-hydrogen) atoms. The predicted octanol–water partition coefficient (Wildman–Crippen LogP) is 4.65. The van der Waals surface area contributed by atoms with E-state index in [0.717, 1.165) is 12.1 Å². The van der Waals surface area contributed by atoms with Gasteiger partial charge in [0.1, 0.15) is 24.3 Å². The summed E-state index contributed by atoms with van der Waals surface area (Å²) in [5.74, 6) is -0.0882. The third-order valence-corrected chi connectivity index (χ3v) is 12.5. The van der Waals surface area contributed by atoms with E-state index in [2.05, 4.69) is 38.3 Å². The highest BCUT2D eigenvalue weighted by atomic mass is 19.1. The molecule has 11 nitrogen and oxygen atoms in total. The quantitative estimate of drug-likeness (QED) is 0.107. The zero-order valence-electron chi connectivity index (χ0n) is 34.5. The van der Waals surface area contributed by atoms with Gasteiger partial charge in [-0.1, -0.05) is 64.1 Å². The SMILES string of the molecule is C[C@H](O)[C@@H]1[C@H](CO)ON(Cc2cc(-c3cc(C(=O)N[C@H](CN(C)C)[C@H](O)c4ccccc4)cc(N(C)C)c3)ccc2F)[C@@H]1C(O)NC[C@@H](C)[C@@H]1C[C@H](C)C1(C)C. The van der Waals surface area contributed by atoms with Gasteiger partial charge in [-0.3, -0.25) is 14.9 Å². The molecule has 12 heteroatoms. The Labute approximate surface area is 332 Å². The van der Waals surface area contributed by atoms with Crippen LogP contribution in [0.25, 0.3) is 11.1 Å². The van der Waals surface area contributed by atoms with E-state index in [1.165, 1.54) is 11.1 Å². The van der Waals surface area contributed by atoms with Gasteiger partial charge in [0.2, 0.25) is 0 Å². The van der Waals surface area contributed by atoms with E-state index in [-0.39, 0.29) is 36.0 Å². The minimum Gasteiger partial charge on any atom is -0.394 e. The number of hydroxylamine groups is 2. The van der Waals surface area contributed by atoms with Gasteiger partial charge in [-0.25, -0.2) is 4.39 Å². The van der Waals surface area contributed by atoms with Gasteiger partial charge in [0, 0.05) is 49.9 Å². The van der Waals surface area contributed by atoms with Gasteiger partial charge in [0.15, 0.2) is 0 Å². The number of aliphatic hydroxyl groups excluding tert-OH is 4. The van der Waals surface area contributed by atoms with Crippen LogP contribution in [0.2, 0.25) is 0 Å². The molecule has 0 bridgehead atoms. The molecule has 2 aliphatic rings. The fourth-order valence-electron chi connectivity index (χ4n) is 8.68. The molecule has 1 aliphatic carbocycles. The van der Waals surface area contributed by atoms with Gasteiger partial charge in [-0.2, -0.15) is 5.06 Å². The molecular weight excluding hydrogens is 714 g/mol. The minimum absolute atomic E-state index is 0.0736. The molecule has 1 amide bonds. The van der Waals surface area contributed by atoms with Crippen LogP contribution in [0, 0.1) is 34.9 Å². The zero-order chi connectivity index (χ0) is 41.1. The van der Waals surface area contributed by atoms with Crippen molar-refractivity contribution in [2.75, 3.05) is 52.8 Å². The van der Waals surface area contributed by atoms with E-state index >= 15 is 4.39 Å². The summed E-state index contributed by atoms with van der Waals surface area (Å²) in [5.41, 5.74) is 3.63. The van der Waals surface area contributed by atoms with Gasteiger partial charge in [0.25, 0.3) is 5.91 Å². The molecule has 1 saturated carbocycles. The Kier molecular flexibility index (Phi) is 14.4. The number of amides is 1. The molecule has 0 aromatic heterocycles. The number of likely N-dealkylation sites (N-methyl/N-ethyl adjacent to an activating group) is 1. The number of nitrogens with one attached hydrogen (secondary N) is 2. The Morgan fingerprint density at radius 2 is 1.70 bits per heavy atom. The van der Waals surface area contributed by atoms with Crippen LogP contribution in [-0.4, -0.2) is 115 Å². The standard InChI is InChI=1S/C44H64FN5O6/c1-26(35-17-27(2)44(35,4)5)22-46-43(55)40-39(28(3)52)38(25-51)56-50(40)23-33-18-30(15-16-36(33)45)31-19-32(21-34(20-31)49(8)9)42(54)47-37(24-48(6)7)41(53)29-13-11-10-12-14-29/h10-16,18-21,26-28,35,37-41,43,46,51-53,55H,17,22-25H2,1-9H3,(H,47,54)/t26-,27+,28+,35+,37-,38+,39-,40+,41-,43?/m1/s1. The van der Waals surface area contributed by atoms with Gasteiger partial charge in [-0.05, 0) is 97.6 Å². The lowest BCUT2D eigenvalue weighted by Gasteiger charge is -2.54.